The lowest BCUT2D eigenvalue weighted by molar-refractivity contribution is -0.140. The molecule has 3 aromatic rings. The van der Waals surface area contributed by atoms with Gasteiger partial charge in [-0.05, 0) is 55.7 Å². The van der Waals surface area contributed by atoms with Crippen LogP contribution in [0.1, 0.15) is 44.2 Å². The SMILES string of the molecule is CCCCNC(=O)[C@@H](CC)N(Cc1ccc(C)cc1)C(=O)CN(c1cc(Cl)cc(Cl)c1)S(=O)(=O)c1ccccc1. The second-order valence-corrected chi connectivity index (χ2v) is 12.3. The Morgan fingerprint density at radius 1 is 0.925 bits per heavy atom. The van der Waals surface area contributed by atoms with Gasteiger partial charge in [-0.1, -0.05) is 91.5 Å². The maximum Gasteiger partial charge on any atom is 0.264 e. The molecule has 3 aromatic carbocycles. The molecule has 0 fully saturated rings. The molecule has 0 saturated carbocycles. The van der Waals surface area contributed by atoms with Gasteiger partial charge in [-0.15, -0.1) is 0 Å². The fraction of sp³-hybridized carbons (Fsp3) is 0.333. The van der Waals surface area contributed by atoms with Gasteiger partial charge >= 0.3 is 0 Å². The molecule has 0 radical (unpaired) electrons. The number of sulfonamides is 1. The summed E-state index contributed by atoms with van der Waals surface area (Å²) < 4.78 is 28.7. The van der Waals surface area contributed by atoms with Crippen molar-refractivity contribution in [3.8, 4) is 0 Å². The van der Waals surface area contributed by atoms with E-state index in [1.165, 1.54) is 35.2 Å². The summed E-state index contributed by atoms with van der Waals surface area (Å²) in [5.41, 5.74) is 2.02. The molecule has 0 heterocycles. The number of halogens is 2. The third-order valence-corrected chi connectivity index (χ3v) is 8.66. The summed E-state index contributed by atoms with van der Waals surface area (Å²) >= 11 is 12.5. The highest BCUT2D eigenvalue weighted by Crippen LogP contribution is 2.30. The molecule has 0 unspecified atom stereocenters. The van der Waals surface area contributed by atoms with Gasteiger partial charge < -0.3 is 10.2 Å². The van der Waals surface area contributed by atoms with E-state index >= 15 is 0 Å². The predicted molar refractivity (Wildman–Crippen MR) is 161 cm³/mol. The molecule has 2 amide bonds. The lowest BCUT2D eigenvalue weighted by Crippen LogP contribution is -2.52. The molecule has 7 nitrogen and oxygen atoms in total. The molecule has 0 bridgehead atoms. The summed E-state index contributed by atoms with van der Waals surface area (Å²) in [4.78, 5) is 28.7. The van der Waals surface area contributed by atoms with E-state index in [4.69, 9.17) is 23.2 Å². The van der Waals surface area contributed by atoms with E-state index in [1.54, 1.807) is 18.2 Å². The van der Waals surface area contributed by atoms with Gasteiger partial charge in [0.15, 0.2) is 0 Å². The largest absolute Gasteiger partial charge is 0.354 e. The summed E-state index contributed by atoms with van der Waals surface area (Å²) in [5, 5.41) is 3.37. The molecule has 0 spiro atoms. The van der Waals surface area contributed by atoms with Gasteiger partial charge in [0, 0.05) is 23.1 Å². The number of nitrogens with zero attached hydrogens (tertiary/aromatic N) is 2. The summed E-state index contributed by atoms with van der Waals surface area (Å²) in [6.07, 6.45) is 2.08. The number of aryl methyl sites for hydroxylation is 1. The zero-order chi connectivity index (χ0) is 29.3. The first-order valence-corrected chi connectivity index (χ1v) is 15.4. The van der Waals surface area contributed by atoms with Gasteiger partial charge in [0.25, 0.3) is 10.0 Å². The summed E-state index contributed by atoms with van der Waals surface area (Å²) in [7, 11) is -4.20. The first kappa shape index (κ1) is 31.5. The summed E-state index contributed by atoms with van der Waals surface area (Å²) in [5.74, 6) is -0.812. The minimum atomic E-state index is -4.20. The molecule has 0 aromatic heterocycles. The molecule has 1 N–H and O–H groups in total. The summed E-state index contributed by atoms with van der Waals surface area (Å²) in [6, 6.07) is 19.1. The Bertz CT molecular complexity index is 1380. The number of anilines is 1. The van der Waals surface area contributed by atoms with Gasteiger partial charge in [0.1, 0.15) is 12.6 Å². The number of carbonyl (C=O) groups excluding carboxylic acids is 2. The first-order valence-electron chi connectivity index (χ1n) is 13.2. The van der Waals surface area contributed by atoms with Gasteiger partial charge in [0.05, 0.1) is 10.6 Å². The highest BCUT2D eigenvalue weighted by atomic mass is 35.5. The van der Waals surface area contributed by atoms with Gasteiger partial charge in [-0.3, -0.25) is 13.9 Å². The maximum atomic E-state index is 14.1. The van der Waals surface area contributed by atoms with E-state index in [1.807, 2.05) is 45.0 Å². The monoisotopic (exact) mass is 603 g/mol. The molecule has 0 aliphatic heterocycles. The third-order valence-electron chi connectivity index (χ3n) is 6.43. The van der Waals surface area contributed by atoms with E-state index in [9.17, 15) is 18.0 Å². The number of unbranched alkanes of at least 4 members (excludes halogenated alkanes) is 1. The predicted octanol–water partition coefficient (Wildman–Crippen LogP) is 6.22. The Hall–Kier alpha value is -3.07. The highest BCUT2D eigenvalue weighted by molar-refractivity contribution is 7.92. The van der Waals surface area contributed by atoms with Crippen molar-refractivity contribution in [2.45, 2.75) is 57.5 Å². The molecule has 1 atom stereocenters. The topological polar surface area (TPSA) is 86.8 Å². The van der Waals surface area contributed by atoms with Crippen LogP contribution in [0.25, 0.3) is 0 Å². The van der Waals surface area contributed by atoms with Crippen LogP contribution in [-0.2, 0) is 26.2 Å². The Labute approximate surface area is 247 Å². The van der Waals surface area contributed by atoms with Gasteiger partial charge in [-0.2, -0.15) is 0 Å². The second-order valence-electron chi connectivity index (χ2n) is 9.53. The van der Waals surface area contributed by atoms with E-state index < -0.39 is 28.5 Å². The van der Waals surface area contributed by atoms with E-state index in [2.05, 4.69) is 5.32 Å². The van der Waals surface area contributed by atoms with E-state index in [-0.39, 0.29) is 33.1 Å². The van der Waals surface area contributed by atoms with E-state index in [0.29, 0.717) is 13.0 Å². The Morgan fingerprint density at radius 2 is 1.55 bits per heavy atom. The van der Waals surface area contributed by atoms with Gasteiger partial charge in [0.2, 0.25) is 11.8 Å². The smallest absolute Gasteiger partial charge is 0.264 e. The van der Waals surface area contributed by atoms with Crippen molar-refractivity contribution < 1.29 is 18.0 Å². The number of hydrogen-bond donors (Lipinski definition) is 1. The molecule has 0 saturated heterocycles. The Kier molecular flexibility index (Phi) is 11.4. The number of benzene rings is 3. The molecular formula is C30H35Cl2N3O4S. The molecule has 0 aliphatic carbocycles. The van der Waals surface area contributed by atoms with Crippen LogP contribution in [0.3, 0.4) is 0 Å². The van der Waals surface area contributed by atoms with E-state index in [0.717, 1.165) is 28.3 Å². The quantitative estimate of drug-likeness (QED) is 0.235. The lowest BCUT2D eigenvalue weighted by Gasteiger charge is -2.33. The van der Waals surface area contributed by atoms with Crippen molar-refractivity contribution in [3.05, 3.63) is 94.0 Å². The standard InChI is InChI=1S/C30H35Cl2N3O4S/c1-4-6-16-33-30(37)28(5-2)34(20-23-14-12-22(3)13-15-23)29(36)21-35(26-18-24(31)17-25(32)19-26)40(38,39)27-10-8-7-9-11-27/h7-15,17-19,28H,4-6,16,20-21H2,1-3H3,(H,33,37)/t28-/m1/s1. The average Bonchev–Trinajstić information content (AvgIpc) is 2.92. The fourth-order valence-electron chi connectivity index (χ4n) is 4.25. The van der Waals surface area contributed by atoms with Crippen molar-refractivity contribution in [3.63, 3.8) is 0 Å². The van der Waals surface area contributed by atoms with Crippen LogP contribution < -0.4 is 9.62 Å². The zero-order valence-electron chi connectivity index (χ0n) is 22.9. The van der Waals surface area contributed by atoms with Crippen molar-refractivity contribution >= 4 is 50.7 Å². The highest BCUT2D eigenvalue weighted by Gasteiger charge is 2.33. The van der Waals surface area contributed by atoms with Crippen molar-refractivity contribution in [1.29, 1.82) is 0 Å². The lowest BCUT2D eigenvalue weighted by atomic mass is 10.1. The summed E-state index contributed by atoms with van der Waals surface area (Å²) in [6.45, 7) is 5.89. The van der Waals surface area contributed by atoms with Crippen molar-refractivity contribution in [2.75, 3.05) is 17.4 Å². The van der Waals surface area contributed by atoms with Crippen molar-refractivity contribution in [1.82, 2.24) is 10.2 Å². The number of nitrogens with one attached hydrogen (secondary N) is 1. The normalized spacial score (nSPS) is 12.0. The minimum absolute atomic E-state index is 0.00772. The molecule has 0 aliphatic rings. The van der Waals surface area contributed by atoms with Crippen LogP contribution >= 0.6 is 23.2 Å². The number of hydrogen-bond acceptors (Lipinski definition) is 4. The Balaban J connectivity index is 2.05. The molecule has 214 valence electrons. The van der Waals surface area contributed by atoms with Crippen LogP contribution in [0.15, 0.2) is 77.7 Å². The van der Waals surface area contributed by atoms with Crippen molar-refractivity contribution in [2.24, 2.45) is 0 Å². The van der Waals surface area contributed by atoms with Crippen LogP contribution in [-0.4, -0.2) is 44.3 Å². The fourth-order valence-corrected chi connectivity index (χ4v) is 6.18. The minimum Gasteiger partial charge on any atom is -0.354 e. The number of carbonyl (C=O) groups is 2. The molecule has 3 rings (SSSR count). The third kappa shape index (κ3) is 8.22. The van der Waals surface area contributed by atoms with Crippen LogP contribution in [0.2, 0.25) is 10.0 Å². The average molecular weight is 605 g/mol. The van der Waals surface area contributed by atoms with Crippen LogP contribution in [0.4, 0.5) is 5.69 Å². The molecular weight excluding hydrogens is 569 g/mol. The second kappa shape index (κ2) is 14.5. The molecule has 10 heteroatoms. The molecule has 40 heavy (non-hydrogen) atoms. The Morgan fingerprint density at radius 3 is 2.12 bits per heavy atom. The van der Waals surface area contributed by atoms with Crippen LogP contribution in [0, 0.1) is 6.92 Å². The van der Waals surface area contributed by atoms with Crippen LogP contribution in [0.5, 0.6) is 0 Å². The number of rotatable bonds is 13. The maximum absolute atomic E-state index is 14.1. The number of amides is 2. The first-order chi connectivity index (χ1) is 19.1. The van der Waals surface area contributed by atoms with Gasteiger partial charge in [-0.25, -0.2) is 8.42 Å². The zero-order valence-corrected chi connectivity index (χ0v) is 25.3.